The van der Waals surface area contributed by atoms with Gasteiger partial charge in [-0.1, -0.05) is 160 Å². The number of carbonyl (C=O) groups excluding carboxylic acids is 2. The summed E-state index contributed by atoms with van der Waals surface area (Å²) < 4.78 is 33.6. The molecule has 0 aromatic rings. The van der Waals surface area contributed by atoms with E-state index in [0.29, 0.717) is 12.8 Å². The van der Waals surface area contributed by atoms with Gasteiger partial charge in [-0.15, -0.1) is 0 Å². The SMILES string of the molecule is CCCC/C=C/CCCCCCCCCCCC(=O)O[C@@H](COC(=O)CCCCCCCCCCC/C=C/CCCCCC)COP(=O)(O)OC1C(O)C(O)C(O)[C@H](O)C1O. The molecule has 8 atom stereocenters. The van der Waals surface area contributed by atoms with Gasteiger partial charge in [0.25, 0.3) is 0 Å². The fraction of sp³-hybridized carbons (Fsp3) is 0.872. The zero-order valence-corrected chi connectivity index (χ0v) is 38.9. The van der Waals surface area contributed by atoms with Crippen molar-refractivity contribution in [3.05, 3.63) is 24.3 Å². The number of hydrogen-bond acceptors (Lipinski definition) is 12. The third-order valence-corrected chi connectivity index (χ3v) is 12.3. The number of rotatable bonds is 40. The van der Waals surface area contributed by atoms with Crippen molar-refractivity contribution >= 4 is 19.8 Å². The average Bonchev–Trinajstić information content (AvgIpc) is 3.24. The smallest absolute Gasteiger partial charge is 0.462 e. The summed E-state index contributed by atoms with van der Waals surface area (Å²) in [6.45, 7) is 3.27. The van der Waals surface area contributed by atoms with Gasteiger partial charge in [-0.2, -0.15) is 0 Å². The Labute approximate surface area is 368 Å². The van der Waals surface area contributed by atoms with Crippen molar-refractivity contribution in [1.29, 1.82) is 0 Å². The van der Waals surface area contributed by atoms with E-state index in [1.54, 1.807) is 0 Å². The molecule has 0 amide bonds. The molecule has 61 heavy (non-hydrogen) atoms. The van der Waals surface area contributed by atoms with Crippen LogP contribution in [-0.2, 0) is 32.7 Å². The molecule has 0 aromatic heterocycles. The number of carbonyl (C=O) groups is 2. The Balaban J connectivity index is 2.43. The molecule has 0 bridgehead atoms. The summed E-state index contributed by atoms with van der Waals surface area (Å²) in [7, 11) is -5.12. The molecule has 1 saturated carbocycles. The van der Waals surface area contributed by atoms with E-state index in [-0.39, 0.29) is 12.8 Å². The van der Waals surface area contributed by atoms with E-state index in [4.69, 9.17) is 18.5 Å². The molecule has 1 fully saturated rings. The van der Waals surface area contributed by atoms with Gasteiger partial charge in [0.1, 0.15) is 43.2 Å². The summed E-state index contributed by atoms with van der Waals surface area (Å²) in [5.74, 6) is -1.10. The summed E-state index contributed by atoms with van der Waals surface area (Å²) in [6, 6.07) is 0. The van der Waals surface area contributed by atoms with E-state index in [1.807, 2.05) is 0 Å². The Kier molecular flexibility index (Phi) is 35.4. The Morgan fingerprint density at radius 2 is 0.852 bits per heavy atom. The number of unbranched alkanes of at least 4 members (excludes halogenated alkanes) is 24. The molecular formula is C47H87O13P. The molecule has 0 radical (unpaired) electrons. The Hall–Kier alpha value is -1.67. The highest BCUT2D eigenvalue weighted by molar-refractivity contribution is 7.47. The van der Waals surface area contributed by atoms with Crippen LogP contribution >= 0.6 is 7.82 Å². The van der Waals surface area contributed by atoms with Crippen LogP contribution in [0.1, 0.15) is 206 Å². The highest BCUT2D eigenvalue weighted by atomic mass is 31.2. The molecule has 0 aromatic carbocycles. The lowest BCUT2D eigenvalue weighted by atomic mass is 9.85. The quantitative estimate of drug-likeness (QED) is 0.0147. The first kappa shape index (κ1) is 57.3. The summed E-state index contributed by atoms with van der Waals surface area (Å²) in [5, 5.41) is 50.2. The fourth-order valence-electron chi connectivity index (χ4n) is 7.32. The van der Waals surface area contributed by atoms with Crippen molar-refractivity contribution in [2.45, 2.75) is 249 Å². The van der Waals surface area contributed by atoms with E-state index >= 15 is 0 Å². The predicted molar refractivity (Wildman–Crippen MR) is 240 cm³/mol. The molecule has 0 heterocycles. The van der Waals surface area contributed by atoms with Gasteiger partial charge in [-0.25, -0.2) is 4.57 Å². The van der Waals surface area contributed by atoms with Gasteiger partial charge < -0.3 is 39.9 Å². The Morgan fingerprint density at radius 1 is 0.492 bits per heavy atom. The number of allylic oxidation sites excluding steroid dienone is 4. The first-order valence-electron chi connectivity index (χ1n) is 24.1. The first-order valence-corrected chi connectivity index (χ1v) is 25.6. The molecule has 6 unspecified atom stereocenters. The van der Waals surface area contributed by atoms with Crippen LogP contribution in [0.25, 0.3) is 0 Å². The van der Waals surface area contributed by atoms with Crippen molar-refractivity contribution in [1.82, 2.24) is 0 Å². The van der Waals surface area contributed by atoms with Crippen molar-refractivity contribution in [3.63, 3.8) is 0 Å². The lowest BCUT2D eigenvalue weighted by Gasteiger charge is -2.41. The molecule has 6 N–H and O–H groups in total. The monoisotopic (exact) mass is 891 g/mol. The van der Waals surface area contributed by atoms with E-state index in [9.17, 15) is 44.6 Å². The van der Waals surface area contributed by atoms with Gasteiger partial charge in [-0.3, -0.25) is 18.6 Å². The Bertz CT molecular complexity index is 1170. The van der Waals surface area contributed by atoms with E-state index in [0.717, 1.165) is 57.8 Å². The number of esters is 2. The molecule has 1 rings (SSSR count). The maximum atomic E-state index is 12.8. The lowest BCUT2D eigenvalue weighted by molar-refractivity contribution is -0.220. The molecule has 358 valence electrons. The highest BCUT2D eigenvalue weighted by Gasteiger charge is 2.51. The van der Waals surface area contributed by atoms with Crippen LogP contribution in [0.3, 0.4) is 0 Å². The number of ether oxygens (including phenoxy) is 2. The number of hydrogen-bond donors (Lipinski definition) is 6. The topological polar surface area (TPSA) is 210 Å². The summed E-state index contributed by atoms with van der Waals surface area (Å²) >= 11 is 0. The van der Waals surface area contributed by atoms with Crippen LogP contribution in [0.5, 0.6) is 0 Å². The predicted octanol–water partition coefficient (Wildman–Crippen LogP) is 9.62. The van der Waals surface area contributed by atoms with E-state index in [2.05, 4.69) is 38.2 Å². The third kappa shape index (κ3) is 30.2. The molecule has 0 spiro atoms. The maximum absolute atomic E-state index is 12.8. The second-order valence-electron chi connectivity index (χ2n) is 17.0. The van der Waals surface area contributed by atoms with E-state index in [1.165, 1.54) is 109 Å². The number of aliphatic hydroxyl groups excluding tert-OH is 5. The molecular weight excluding hydrogens is 803 g/mol. The van der Waals surface area contributed by atoms with Gasteiger partial charge in [0.2, 0.25) is 0 Å². The van der Waals surface area contributed by atoms with Crippen molar-refractivity contribution in [3.8, 4) is 0 Å². The zero-order chi connectivity index (χ0) is 45.0. The second kappa shape index (κ2) is 37.7. The van der Waals surface area contributed by atoms with Crippen molar-refractivity contribution < 1.29 is 63.1 Å². The maximum Gasteiger partial charge on any atom is 0.472 e. The van der Waals surface area contributed by atoms with Crippen molar-refractivity contribution in [2.75, 3.05) is 13.2 Å². The molecule has 0 saturated heterocycles. The Morgan fingerprint density at radius 3 is 1.30 bits per heavy atom. The average molecular weight is 891 g/mol. The minimum atomic E-state index is -5.12. The minimum Gasteiger partial charge on any atom is -0.462 e. The number of aliphatic hydroxyl groups is 5. The van der Waals surface area contributed by atoms with Gasteiger partial charge >= 0.3 is 19.8 Å². The van der Waals surface area contributed by atoms with Gasteiger partial charge in [-0.05, 0) is 57.8 Å². The number of phosphoric ester groups is 1. The zero-order valence-electron chi connectivity index (χ0n) is 38.0. The van der Waals surface area contributed by atoms with Crippen LogP contribution in [0.15, 0.2) is 24.3 Å². The third-order valence-electron chi connectivity index (χ3n) is 11.3. The first-order chi connectivity index (χ1) is 29.4. The highest BCUT2D eigenvalue weighted by Crippen LogP contribution is 2.47. The lowest BCUT2D eigenvalue weighted by Crippen LogP contribution is -2.64. The second-order valence-corrected chi connectivity index (χ2v) is 18.4. The molecule has 0 aliphatic heterocycles. The normalized spacial score (nSPS) is 22.2. The van der Waals surface area contributed by atoms with Gasteiger partial charge in [0.15, 0.2) is 6.10 Å². The van der Waals surface area contributed by atoms with Crippen LogP contribution in [0, 0.1) is 0 Å². The van der Waals surface area contributed by atoms with Crippen LogP contribution in [0.2, 0.25) is 0 Å². The number of phosphoric acid groups is 1. The standard InChI is InChI=1S/C47H87O13P/c1-3-5-7-9-11-13-15-17-19-20-22-23-25-27-29-31-33-35-40(48)57-37-39(38-58-61(55,56)60-47-45(53)43(51)42(50)44(52)46(47)54)59-41(49)36-34-32-30-28-26-24-21-18-16-14-12-10-8-6-4-2/h10,12-13,15,39,42-47,50-54H,3-9,11,14,16-38H2,1-2H3,(H,55,56)/b12-10+,15-13+/t39-,42?,43-,44?,45?,46?,47?/m0/s1. The summed E-state index contributed by atoms with van der Waals surface area (Å²) in [5.41, 5.74) is 0. The van der Waals surface area contributed by atoms with E-state index < -0.39 is 75.7 Å². The molecule has 13 nitrogen and oxygen atoms in total. The van der Waals surface area contributed by atoms with Crippen molar-refractivity contribution in [2.24, 2.45) is 0 Å². The largest absolute Gasteiger partial charge is 0.472 e. The molecule has 14 heteroatoms. The fourth-order valence-corrected chi connectivity index (χ4v) is 8.29. The molecule has 1 aliphatic rings. The summed E-state index contributed by atoms with van der Waals surface area (Å²) in [6.07, 6.45) is 27.9. The molecule has 1 aliphatic carbocycles. The van der Waals surface area contributed by atoms with Crippen LogP contribution in [-0.4, -0.2) is 98.3 Å². The van der Waals surface area contributed by atoms with Crippen LogP contribution < -0.4 is 0 Å². The minimum absolute atomic E-state index is 0.0959. The van der Waals surface area contributed by atoms with Gasteiger partial charge in [0, 0.05) is 12.8 Å². The van der Waals surface area contributed by atoms with Gasteiger partial charge in [0.05, 0.1) is 6.61 Å². The van der Waals surface area contributed by atoms with Crippen LogP contribution in [0.4, 0.5) is 0 Å². The summed E-state index contributed by atoms with van der Waals surface area (Å²) in [4.78, 5) is 35.7.